The molecule has 0 bridgehead atoms. The standard InChI is InChI=1S/C29H30N6O3/c1-5-31-28(36)24-11-21-22(15-34(4)29(37)26(21)32-24)20-10-23-18(14-35(33-23)19-12-30-13-19)9-25(20)38-27-16(2)7-6-8-17(27)3/h6-11,14-15,19,30,32H,5,12-13H2,1-4H3,(H,31,36). The van der Waals surface area contributed by atoms with Crippen LogP contribution < -0.4 is 20.9 Å². The Morgan fingerprint density at radius 3 is 2.58 bits per heavy atom. The fourth-order valence-corrected chi connectivity index (χ4v) is 5.01. The number of nitrogens with zero attached hydrogens (tertiary/aromatic N) is 3. The van der Waals surface area contributed by atoms with E-state index in [9.17, 15) is 9.59 Å². The Bertz CT molecular complexity index is 1750. The van der Waals surface area contributed by atoms with Crippen LogP contribution in [0.25, 0.3) is 32.9 Å². The highest BCUT2D eigenvalue weighted by Crippen LogP contribution is 2.41. The average molecular weight is 511 g/mol. The molecule has 4 heterocycles. The number of benzene rings is 2. The van der Waals surface area contributed by atoms with Crippen molar-refractivity contribution in [1.82, 2.24) is 30.0 Å². The van der Waals surface area contributed by atoms with Crippen LogP contribution in [0.2, 0.25) is 0 Å². The summed E-state index contributed by atoms with van der Waals surface area (Å²) in [5.74, 6) is 1.19. The van der Waals surface area contributed by atoms with Gasteiger partial charge in [-0.05, 0) is 50.1 Å². The van der Waals surface area contributed by atoms with E-state index in [1.165, 1.54) is 4.57 Å². The second kappa shape index (κ2) is 9.18. The average Bonchev–Trinajstić information content (AvgIpc) is 3.47. The Morgan fingerprint density at radius 1 is 1.13 bits per heavy atom. The molecule has 38 heavy (non-hydrogen) atoms. The molecule has 0 radical (unpaired) electrons. The Kier molecular flexibility index (Phi) is 5.80. The summed E-state index contributed by atoms with van der Waals surface area (Å²) in [6.07, 6.45) is 3.85. The van der Waals surface area contributed by atoms with E-state index in [1.54, 1.807) is 19.3 Å². The molecule has 2 aromatic carbocycles. The minimum absolute atomic E-state index is 0.209. The number of amides is 1. The molecule has 1 amide bonds. The van der Waals surface area contributed by atoms with Gasteiger partial charge in [-0.2, -0.15) is 5.10 Å². The van der Waals surface area contributed by atoms with E-state index in [2.05, 4.69) is 21.8 Å². The van der Waals surface area contributed by atoms with Crippen molar-refractivity contribution >= 4 is 27.7 Å². The van der Waals surface area contributed by atoms with Gasteiger partial charge in [-0.25, -0.2) is 0 Å². The lowest BCUT2D eigenvalue weighted by Gasteiger charge is -2.27. The van der Waals surface area contributed by atoms with Crippen LogP contribution in [0, 0.1) is 13.8 Å². The van der Waals surface area contributed by atoms with Crippen molar-refractivity contribution in [1.29, 1.82) is 0 Å². The van der Waals surface area contributed by atoms with Gasteiger partial charge >= 0.3 is 0 Å². The second-order valence-corrected chi connectivity index (χ2v) is 9.94. The quantitative estimate of drug-likeness (QED) is 0.318. The zero-order valence-corrected chi connectivity index (χ0v) is 21.9. The minimum Gasteiger partial charge on any atom is -0.456 e. The fraction of sp³-hybridized carbons (Fsp3) is 0.276. The Labute approximate surface area is 219 Å². The summed E-state index contributed by atoms with van der Waals surface area (Å²) in [6, 6.07) is 12.1. The van der Waals surface area contributed by atoms with Gasteiger partial charge in [0.25, 0.3) is 11.5 Å². The predicted molar refractivity (Wildman–Crippen MR) is 148 cm³/mol. The second-order valence-electron chi connectivity index (χ2n) is 9.94. The van der Waals surface area contributed by atoms with Crippen molar-refractivity contribution in [2.75, 3.05) is 19.6 Å². The number of rotatable bonds is 6. The summed E-state index contributed by atoms with van der Waals surface area (Å²) < 4.78 is 10.2. The molecule has 6 rings (SSSR count). The number of carbonyl (C=O) groups is 1. The van der Waals surface area contributed by atoms with Gasteiger partial charge in [0.05, 0.1) is 11.6 Å². The summed E-state index contributed by atoms with van der Waals surface area (Å²) in [5, 5.41) is 12.6. The van der Waals surface area contributed by atoms with Crippen molar-refractivity contribution in [2.24, 2.45) is 7.05 Å². The Hall–Kier alpha value is -4.37. The molecular weight excluding hydrogens is 480 g/mol. The van der Waals surface area contributed by atoms with E-state index in [-0.39, 0.29) is 11.5 Å². The highest BCUT2D eigenvalue weighted by atomic mass is 16.5. The number of hydrogen-bond acceptors (Lipinski definition) is 5. The van der Waals surface area contributed by atoms with Crippen LogP contribution in [0.3, 0.4) is 0 Å². The monoisotopic (exact) mass is 510 g/mol. The first kappa shape index (κ1) is 24.0. The SMILES string of the molecule is CCNC(=O)c1cc2c(-c3cc4nn(C5CNC5)cc4cc3Oc3c(C)cccc3C)cn(C)c(=O)c2[nH]1. The third-order valence-electron chi connectivity index (χ3n) is 7.22. The Morgan fingerprint density at radius 2 is 1.89 bits per heavy atom. The number of aromatic amines is 1. The molecule has 194 valence electrons. The van der Waals surface area contributed by atoms with E-state index in [0.29, 0.717) is 34.9 Å². The van der Waals surface area contributed by atoms with Gasteiger partial charge in [0.15, 0.2) is 0 Å². The maximum absolute atomic E-state index is 13.0. The molecule has 0 aliphatic carbocycles. The number of hydrogen-bond donors (Lipinski definition) is 3. The van der Waals surface area contributed by atoms with Crippen LogP contribution in [-0.4, -0.2) is 44.9 Å². The molecule has 1 aliphatic rings. The molecule has 1 fully saturated rings. The molecule has 9 nitrogen and oxygen atoms in total. The zero-order chi connectivity index (χ0) is 26.6. The van der Waals surface area contributed by atoms with Gasteiger partial charge in [-0.1, -0.05) is 18.2 Å². The summed E-state index contributed by atoms with van der Waals surface area (Å²) in [4.78, 5) is 28.7. The van der Waals surface area contributed by atoms with E-state index in [1.807, 2.05) is 55.8 Å². The minimum atomic E-state index is -0.257. The highest BCUT2D eigenvalue weighted by molar-refractivity contribution is 6.04. The number of aryl methyl sites for hydroxylation is 3. The molecule has 3 aromatic heterocycles. The van der Waals surface area contributed by atoms with Crippen LogP contribution in [0.1, 0.15) is 34.6 Å². The van der Waals surface area contributed by atoms with Crippen LogP contribution in [0.5, 0.6) is 11.5 Å². The predicted octanol–water partition coefficient (Wildman–Crippen LogP) is 4.19. The fourth-order valence-electron chi connectivity index (χ4n) is 5.01. The number of pyridine rings is 1. The van der Waals surface area contributed by atoms with Gasteiger partial charge in [-0.3, -0.25) is 14.3 Å². The lowest BCUT2D eigenvalue weighted by atomic mass is 10.0. The first-order valence-electron chi connectivity index (χ1n) is 12.8. The third-order valence-corrected chi connectivity index (χ3v) is 7.22. The number of nitrogens with one attached hydrogen (secondary N) is 3. The maximum Gasteiger partial charge on any atom is 0.274 e. The maximum atomic E-state index is 13.0. The van der Waals surface area contributed by atoms with Gasteiger partial charge in [0, 0.05) is 61.0 Å². The lowest BCUT2D eigenvalue weighted by molar-refractivity contribution is 0.0951. The van der Waals surface area contributed by atoms with Crippen molar-refractivity contribution in [3.8, 4) is 22.6 Å². The van der Waals surface area contributed by atoms with Crippen molar-refractivity contribution in [3.63, 3.8) is 0 Å². The molecule has 3 N–H and O–H groups in total. The van der Waals surface area contributed by atoms with Crippen molar-refractivity contribution in [2.45, 2.75) is 26.8 Å². The van der Waals surface area contributed by atoms with Gasteiger partial charge in [-0.15, -0.1) is 0 Å². The molecule has 1 aliphatic heterocycles. The van der Waals surface area contributed by atoms with Crippen LogP contribution >= 0.6 is 0 Å². The van der Waals surface area contributed by atoms with Crippen LogP contribution in [0.4, 0.5) is 0 Å². The number of aromatic nitrogens is 4. The van der Waals surface area contributed by atoms with E-state index >= 15 is 0 Å². The number of para-hydroxylation sites is 1. The summed E-state index contributed by atoms with van der Waals surface area (Å²) >= 11 is 0. The van der Waals surface area contributed by atoms with Gasteiger partial charge in [0.2, 0.25) is 0 Å². The van der Waals surface area contributed by atoms with Gasteiger partial charge < -0.3 is 24.9 Å². The van der Waals surface area contributed by atoms with E-state index in [4.69, 9.17) is 9.84 Å². The van der Waals surface area contributed by atoms with E-state index < -0.39 is 0 Å². The lowest BCUT2D eigenvalue weighted by Crippen LogP contribution is -2.43. The smallest absolute Gasteiger partial charge is 0.274 e. The molecule has 5 aromatic rings. The highest BCUT2D eigenvalue weighted by Gasteiger charge is 2.23. The van der Waals surface area contributed by atoms with Crippen LogP contribution in [0.15, 0.2) is 53.6 Å². The first-order valence-corrected chi connectivity index (χ1v) is 12.8. The molecule has 1 saturated heterocycles. The molecule has 0 atom stereocenters. The van der Waals surface area contributed by atoms with E-state index in [0.717, 1.165) is 52.0 Å². The molecule has 0 saturated carbocycles. The topological polar surface area (TPSA) is 106 Å². The molecule has 9 heteroatoms. The first-order chi connectivity index (χ1) is 18.3. The van der Waals surface area contributed by atoms with Gasteiger partial charge in [0.1, 0.15) is 22.7 Å². The van der Waals surface area contributed by atoms with Crippen molar-refractivity contribution < 1.29 is 9.53 Å². The number of carbonyl (C=O) groups excluding carboxylic acids is 1. The largest absolute Gasteiger partial charge is 0.456 e. The number of fused-ring (bicyclic) bond motifs is 2. The summed E-state index contributed by atoms with van der Waals surface area (Å²) in [7, 11) is 1.71. The third kappa shape index (κ3) is 3.95. The summed E-state index contributed by atoms with van der Waals surface area (Å²) in [6.45, 7) is 8.17. The molecular formula is C29H30N6O3. The molecule has 0 spiro atoms. The normalized spacial score (nSPS) is 13.7. The molecule has 0 unspecified atom stereocenters. The Balaban J connectivity index is 1.60. The number of ether oxygens (including phenoxy) is 1. The zero-order valence-electron chi connectivity index (χ0n) is 21.9. The number of H-pyrrole nitrogens is 1. The van der Waals surface area contributed by atoms with Crippen molar-refractivity contribution in [3.05, 3.63) is 76.0 Å². The summed E-state index contributed by atoms with van der Waals surface area (Å²) in [5.41, 5.74) is 4.95. The van der Waals surface area contributed by atoms with Crippen LogP contribution in [-0.2, 0) is 7.05 Å².